The molecule has 118 valence electrons. The first-order valence-electron chi connectivity index (χ1n) is 8.06. The van der Waals surface area contributed by atoms with E-state index in [1.807, 2.05) is 36.6 Å². The lowest BCUT2D eigenvalue weighted by atomic mass is 10.2. The molecule has 0 bridgehead atoms. The van der Waals surface area contributed by atoms with Crippen LogP contribution in [0.4, 0.5) is 0 Å². The topological polar surface area (TPSA) is 41.4 Å². The van der Waals surface area contributed by atoms with Gasteiger partial charge in [-0.25, -0.2) is 4.98 Å². The number of carbonyl (C=O) groups is 1. The first-order valence-corrected chi connectivity index (χ1v) is 8.06. The number of aryl methyl sites for hydroxylation is 1. The molecule has 1 aromatic heterocycles. The molecule has 5 heteroatoms. The predicted molar refractivity (Wildman–Crippen MR) is 84.2 cm³/mol. The molecule has 1 unspecified atom stereocenters. The van der Waals surface area contributed by atoms with Crippen molar-refractivity contribution in [1.29, 1.82) is 0 Å². The zero-order valence-corrected chi connectivity index (χ0v) is 13.6. The van der Waals surface area contributed by atoms with Crippen LogP contribution in [0.3, 0.4) is 0 Å². The van der Waals surface area contributed by atoms with E-state index in [-0.39, 0.29) is 11.9 Å². The van der Waals surface area contributed by atoms with Crippen molar-refractivity contribution in [2.45, 2.75) is 45.6 Å². The highest BCUT2D eigenvalue weighted by Gasteiger charge is 2.20. The van der Waals surface area contributed by atoms with E-state index in [4.69, 9.17) is 0 Å². The SMILES string of the molecule is Cc1nccn1C(C)C(=O)N(C)CCN1CCCCCC1. The van der Waals surface area contributed by atoms with Crippen molar-refractivity contribution in [3.8, 4) is 0 Å². The molecular weight excluding hydrogens is 264 g/mol. The number of nitrogens with zero attached hydrogens (tertiary/aromatic N) is 4. The Balaban J connectivity index is 1.83. The fourth-order valence-corrected chi connectivity index (χ4v) is 3.00. The summed E-state index contributed by atoms with van der Waals surface area (Å²) in [5.74, 6) is 1.04. The smallest absolute Gasteiger partial charge is 0.245 e. The molecule has 0 aliphatic carbocycles. The summed E-state index contributed by atoms with van der Waals surface area (Å²) in [5.41, 5.74) is 0. The number of imidazole rings is 1. The molecule has 1 aromatic rings. The maximum Gasteiger partial charge on any atom is 0.245 e. The Hall–Kier alpha value is -1.36. The number of likely N-dealkylation sites (N-methyl/N-ethyl adjacent to an activating group) is 1. The van der Waals surface area contributed by atoms with E-state index in [0.717, 1.165) is 18.9 Å². The van der Waals surface area contributed by atoms with Gasteiger partial charge in [0.15, 0.2) is 0 Å². The zero-order chi connectivity index (χ0) is 15.2. The monoisotopic (exact) mass is 292 g/mol. The minimum Gasteiger partial charge on any atom is -0.343 e. The molecule has 0 N–H and O–H groups in total. The molecule has 5 nitrogen and oxygen atoms in total. The second-order valence-corrected chi connectivity index (χ2v) is 6.07. The summed E-state index contributed by atoms with van der Waals surface area (Å²) >= 11 is 0. The third-order valence-electron chi connectivity index (χ3n) is 4.46. The van der Waals surface area contributed by atoms with E-state index in [1.165, 1.54) is 38.8 Å². The van der Waals surface area contributed by atoms with Gasteiger partial charge in [0.1, 0.15) is 11.9 Å². The van der Waals surface area contributed by atoms with Crippen molar-refractivity contribution in [2.75, 3.05) is 33.2 Å². The normalized spacial score (nSPS) is 18.2. The van der Waals surface area contributed by atoms with Gasteiger partial charge in [0.25, 0.3) is 0 Å². The maximum absolute atomic E-state index is 12.5. The molecule has 0 spiro atoms. The first kappa shape index (κ1) is 16.0. The fourth-order valence-electron chi connectivity index (χ4n) is 3.00. The summed E-state index contributed by atoms with van der Waals surface area (Å²) in [5, 5.41) is 0. The summed E-state index contributed by atoms with van der Waals surface area (Å²) in [6, 6.07) is -0.179. The lowest BCUT2D eigenvalue weighted by Crippen LogP contribution is -2.39. The average Bonchev–Trinajstić information content (AvgIpc) is 2.75. The predicted octanol–water partition coefficient (Wildman–Crippen LogP) is 2.09. The van der Waals surface area contributed by atoms with Crippen molar-refractivity contribution < 1.29 is 4.79 Å². The minimum absolute atomic E-state index is 0.158. The van der Waals surface area contributed by atoms with Gasteiger partial charge in [0.05, 0.1) is 0 Å². The van der Waals surface area contributed by atoms with E-state index < -0.39 is 0 Å². The molecule has 2 heterocycles. The van der Waals surface area contributed by atoms with Gasteiger partial charge in [-0.3, -0.25) is 4.79 Å². The highest BCUT2D eigenvalue weighted by molar-refractivity contribution is 5.79. The van der Waals surface area contributed by atoms with Gasteiger partial charge < -0.3 is 14.4 Å². The average molecular weight is 292 g/mol. The maximum atomic E-state index is 12.5. The second-order valence-electron chi connectivity index (χ2n) is 6.07. The standard InChI is InChI=1S/C16H28N4O/c1-14(20-11-8-17-15(20)2)16(21)18(3)12-13-19-9-6-4-5-7-10-19/h8,11,14H,4-7,9-10,12-13H2,1-3H3. The van der Waals surface area contributed by atoms with Crippen molar-refractivity contribution in [3.05, 3.63) is 18.2 Å². The Bertz CT molecular complexity index is 449. The van der Waals surface area contributed by atoms with Gasteiger partial charge in [-0.2, -0.15) is 0 Å². The molecule has 1 amide bonds. The van der Waals surface area contributed by atoms with E-state index in [2.05, 4.69) is 9.88 Å². The fraction of sp³-hybridized carbons (Fsp3) is 0.750. The molecule has 0 aromatic carbocycles. The van der Waals surface area contributed by atoms with Gasteiger partial charge in [-0.1, -0.05) is 12.8 Å². The van der Waals surface area contributed by atoms with Crippen molar-refractivity contribution in [1.82, 2.24) is 19.4 Å². The summed E-state index contributed by atoms with van der Waals surface area (Å²) in [6.07, 6.45) is 8.91. The number of hydrogen-bond acceptors (Lipinski definition) is 3. The van der Waals surface area contributed by atoms with Gasteiger partial charge in [0, 0.05) is 32.5 Å². The lowest BCUT2D eigenvalue weighted by molar-refractivity contribution is -0.133. The van der Waals surface area contributed by atoms with E-state index >= 15 is 0 Å². The van der Waals surface area contributed by atoms with Crippen molar-refractivity contribution in [2.24, 2.45) is 0 Å². The Morgan fingerprint density at radius 2 is 2.00 bits per heavy atom. The number of hydrogen-bond donors (Lipinski definition) is 0. The molecule has 1 fully saturated rings. The quantitative estimate of drug-likeness (QED) is 0.834. The highest BCUT2D eigenvalue weighted by Crippen LogP contribution is 2.12. The van der Waals surface area contributed by atoms with Gasteiger partial charge in [-0.15, -0.1) is 0 Å². The second kappa shape index (κ2) is 7.59. The molecule has 1 atom stereocenters. The Morgan fingerprint density at radius 3 is 2.57 bits per heavy atom. The summed E-state index contributed by atoms with van der Waals surface area (Å²) in [4.78, 5) is 21.0. The highest BCUT2D eigenvalue weighted by atomic mass is 16.2. The third-order valence-corrected chi connectivity index (χ3v) is 4.46. The van der Waals surface area contributed by atoms with E-state index in [0.29, 0.717) is 0 Å². The largest absolute Gasteiger partial charge is 0.343 e. The summed E-state index contributed by atoms with van der Waals surface area (Å²) in [6.45, 7) is 8.02. The number of aromatic nitrogens is 2. The number of likely N-dealkylation sites (tertiary alicyclic amines) is 1. The molecule has 0 saturated carbocycles. The van der Waals surface area contributed by atoms with Crippen LogP contribution in [-0.4, -0.2) is 58.5 Å². The van der Waals surface area contributed by atoms with Gasteiger partial charge >= 0.3 is 0 Å². The van der Waals surface area contributed by atoms with Crippen LogP contribution in [0, 0.1) is 6.92 Å². The molecule has 1 aliphatic rings. The van der Waals surface area contributed by atoms with Crippen LogP contribution in [0.15, 0.2) is 12.4 Å². The Kier molecular flexibility index (Phi) is 5.79. The number of amides is 1. The van der Waals surface area contributed by atoms with E-state index in [9.17, 15) is 4.79 Å². The molecule has 1 saturated heterocycles. The van der Waals surface area contributed by atoms with Crippen LogP contribution >= 0.6 is 0 Å². The molecule has 2 rings (SSSR count). The minimum atomic E-state index is -0.179. The lowest BCUT2D eigenvalue weighted by Gasteiger charge is -2.26. The molecule has 0 radical (unpaired) electrons. The summed E-state index contributed by atoms with van der Waals surface area (Å²) < 4.78 is 1.94. The van der Waals surface area contributed by atoms with Crippen LogP contribution < -0.4 is 0 Å². The van der Waals surface area contributed by atoms with Crippen molar-refractivity contribution in [3.63, 3.8) is 0 Å². The van der Waals surface area contributed by atoms with Gasteiger partial charge in [-0.05, 0) is 39.8 Å². The van der Waals surface area contributed by atoms with Crippen LogP contribution in [0.5, 0.6) is 0 Å². The van der Waals surface area contributed by atoms with Crippen LogP contribution in [0.25, 0.3) is 0 Å². The summed E-state index contributed by atoms with van der Waals surface area (Å²) in [7, 11) is 1.91. The van der Waals surface area contributed by atoms with E-state index in [1.54, 1.807) is 6.20 Å². The molecular formula is C16H28N4O. The molecule has 1 aliphatic heterocycles. The Labute approximate surface area is 127 Å². The number of rotatable bonds is 5. The van der Waals surface area contributed by atoms with Gasteiger partial charge in [0.2, 0.25) is 5.91 Å². The third kappa shape index (κ3) is 4.30. The van der Waals surface area contributed by atoms with Crippen LogP contribution in [0.1, 0.15) is 44.5 Å². The zero-order valence-electron chi connectivity index (χ0n) is 13.6. The van der Waals surface area contributed by atoms with Crippen LogP contribution in [0.2, 0.25) is 0 Å². The van der Waals surface area contributed by atoms with Crippen LogP contribution in [-0.2, 0) is 4.79 Å². The first-order chi connectivity index (χ1) is 10.1. The Morgan fingerprint density at radius 1 is 1.33 bits per heavy atom. The van der Waals surface area contributed by atoms with Crippen molar-refractivity contribution >= 4 is 5.91 Å². The molecule has 21 heavy (non-hydrogen) atoms. The number of carbonyl (C=O) groups excluding carboxylic acids is 1.